The Morgan fingerprint density at radius 1 is 1.53 bits per heavy atom. The first-order chi connectivity index (χ1) is 7.11. The molecule has 1 N–H and O–H groups in total. The summed E-state index contributed by atoms with van der Waals surface area (Å²) in [7, 11) is 2.07. The molecule has 86 valence electrons. The Bertz CT molecular complexity index is 355. The second kappa shape index (κ2) is 5.30. The normalized spacial score (nSPS) is 12.8. The summed E-state index contributed by atoms with van der Waals surface area (Å²) < 4.78 is 2.71. The summed E-state index contributed by atoms with van der Waals surface area (Å²) in [6.45, 7) is 7.34. The van der Waals surface area contributed by atoms with E-state index in [4.69, 9.17) is 12.2 Å². The average molecular weight is 228 g/mol. The molecule has 0 aliphatic heterocycles. The molecule has 1 unspecified atom stereocenters. The number of hydrogen-bond donors (Lipinski definition) is 1. The maximum absolute atomic E-state index is 5.16. The zero-order valence-corrected chi connectivity index (χ0v) is 10.8. The first-order valence-corrected chi connectivity index (χ1v) is 5.90. The highest BCUT2D eigenvalue weighted by Gasteiger charge is 2.14. The molecule has 0 aliphatic carbocycles. The third-order valence-electron chi connectivity index (χ3n) is 2.74. The number of hydrogen-bond acceptors (Lipinski definition) is 3. The van der Waals surface area contributed by atoms with E-state index in [1.54, 1.807) is 0 Å². The summed E-state index contributed by atoms with van der Waals surface area (Å²) >= 11 is 5.16. The van der Waals surface area contributed by atoms with Gasteiger partial charge in [0.25, 0.3) is 0 Å². The van der Waals surface area contributed by atoms with Crippen LogP contribution in [-0.4, -0.2) is 27.9 Å². The molecule has 4 nitrogen and oxygen atoms in total. The lowest BCUT2D eigenvalue weighted by molar-refractivity contribution is 0.589. The van der Waals surface area contributed by atoms with E-state index < -0.39 is 0 Å². The lowest BCUT2D eigenvalue weighted by Crippen LogP contribution is -2.31. The molecular formula is C10H20N4S. The third-order valence-corrected chi connectivity index (χ3v) is 3.05. The molecule has 0 saturated carbocycles. The van der Waals surface area contributed by atoms with Crippen molar-refractivity contribution < 1.29 is 0 Å². The van der Waals surface area contributed by atoms with Gasteiger partial charge in [0.15, 0.2) is 4.77 Å². The van der Waals surface area contributed by atoms with Crippen LogP contribution in [0.1, 0.15) is 33.6 Å². The Balaban J connectivity index is 2.90. The van der Waals surface area contributed by atoms with E-state index in [-0.39, 0.29) is 0 Å². The molecule has 1 atom stereocenters. The van der Waals surface area contributed by atoms with Crippen LogP contribution in [0.2, 0.25) is 0 Å². The summed E-state index contributed by atoms with van der Waals surface area (Å²) in [6, 6.07) is 0.491. The Kier molecular flexibility index (Phi) is 4.32. The first kappa shape index (κ1) is 12.2. The number of aromatic amines is 1. The molecule has 15 heavy (non-hydrogen) atoms. The lowest BCUT2D eigenvalue weighted by Gasteiger charge is -2.25. The van der Waals surface area contributed by atoms with Crippen molar-refractivity contribution >= 4 is 18.2 Å². The second-order valence-electron chi connectivity index (χ2n) is 3.82. The van der Waals surface area contributed by atoms with Crippen LogP contribution in [0, 0.1) is 4.77 Å². The molecule has 0 saturated heterocycles. The third kappa shape index (κ3) is 2.59. The molecule has 1 aromatic rings. The lowest BCUT2D eigenvalue weighted by atomic mass is 10.2. The van der Waals surface area contributed by atoms with Crippen molar-refractivity contribution in [1.29, 1.82) is 0 Å². The van der Waals surface area contributed by atoms with Crippen LogP contribution < -0.4 is 4.90 Å². The van der Waals surface area contributed by atoms with E-state index in [0.717, 1.165) is 12.5 Å². The van der Waals surface area contributed by atoms with Crippen molar-refractivity contribution in [3.8, 4) is 0 Å². The Labute approximate surface area is 96.3 Å². The summed E-state index contributed by atoms with van der Waals surface area (Å²) in [4.78, 5) is 2.18. The predicted molar refractivity (Wildman–Crippen MR) is 65.9 cm³/mol. The molecule has 0 amide bonds. The number of rotatable bonds is 5. The van der Waals surface area contributed by atoms with Gasteiger partial charge in [-0.1, -0.05) is 13.3 Å². The van der Waals surface area contributed by atoms with E-state index in [2.05, 4.69) is 42.9 Å². The topological polar surface area (TPSA) is 36.9 Å². The van der Waals surface area contributed by atoms with Gasteiger partial charge < -0.3 is 4.90 Å². The van der Waals surface area contributed by atoms with Crippen molar-refractivity contribution in [3.05, 3.63) is 4.77 Å². The van der Waals surface area contributed by atoms with Gasteiger partial charge >= 0.3 is 0 Å². The van der Waals surface area contributed by atoms with Crippen LogP contribution in [0.4, 0.5) is 5.95 Å². The smallest absolute Gasteiger partial charge is 0.225 e. The number of H-pyrrole nitrogens is 1. The highest BCUT2D eigenvalue weighted by Crippen LogP contribution is 2.14. The van der Waals surface area contributed by atoms with Crippen molar-refractivity contribution in [2.24, 2.45) is 0 Å². The number of aromatic nitrogens is 3. The average Bonchev–Trinajstić information content (AvgIpc) is 2.58. The van der Waals surface area contributed by atoms with Crippen LogP contribution in [0.5, 0.6) is 0 Å². The maximum atomic E-state index is 5.16. The van der Waals surface area contributed by atoms with Crippen LogP contribution in [0.15, 0.2) is 0 Å². The molecule has 1 rings (SSSR count). The molecule has 5 heteroatoms. The number of anilines is 1. The first-order valence-electron chi connectivity index (χ1n) is 5.49. The van der Waals surface area contributed by atoms with Gasteiger partial charge in [-0.15, -0.1) is 5.10 Å². The Morgan fingerprint density at radius 3 is 2.73 bits per heavy atom. The summed E-state index contributed by atoms with van der Waals surface area (Å²) in [5, 5.41) is 7.10. The van der Waals surface area contributed by atoms with Gasteiger partial charge in [0.05, 0.1) is 0 Å². The van der Waals surface area contributed by atoms with E-state index in [1.807, 2.05) is 4.57 Å². The standard InChI is InChI=1S/C10H20N4S/c1-5-7-8(3)13(4)9-11-12-10(15)14(9)6-2/h8H,5-7H2,1-4H3,(H,12,15). The molecule has 0 fully saturated rings. The molecule has 0 spiro atoms. The maximum Gasteiger partial charge on any atom is 0.225 e. The van der Waals surface area contributed by atoms with Gasteiger partial charge in [-0.2, -0.15) is 0 Å². The SMILES string of the molecule is CCCC(C)N(C)c1n[nH]c(=S)n1CC. The fraction of sp³-hybridized carbons (Fsp3) is 0.800. The summed E-state index contributed by atoms with van der Waals surface area (Å²) in [5.74, 6) is 0.934. The van der Waals surface area contributed by atoms with Gasteiger partial charge in [-0.05, 0) is 32.5 Å². The van der Waals surface area contributed by atoms with E-state index >= 15 is 0 Å². The van der Waals surface area contributed by atoms with Crippen molar-refractivity contribution in [2.75, 3.05) is 11.9 Å². The highest BCUT2D eigenvalue weighted by molar-refractivity contribution is 7.71. The number of nitrogens with zero attached hydrogens (tertiary/aromatic N) is 3. The molecule has 0 bridgehead atoms. The van der Waals surface area contributed by atoms with Crippen molar-refractivity contribution in [1.82, 2.24) is 14.8 Å². The fourth-order valence-corrected chi connectivity index (χ4v) is 1.93. The Hall–Kier alpha value is -0.840. The van der Waals surface area contributed by atoms with E-state index in [9.17, 15) is 0 Å². The van der Waals surface area contributed by atoms with Gasteiger partial charge in [0.1, 0.15) is 0 Å². The fourth-order valence-electron chi connectivity index (χ4n) is 1.67. The quantitative estimate of drug-likeness (QED) is 0.787. The monoisotopic (exact) mass is 228 g/mol. The highest BCUT2D eigenvalue weighted by atomic mass is 32.1. The van der Waals surface area contributed by atoms with Crippen molar-refractivity contribution in [3.63, 3.8) is 0 Å². The summed E-state index contributed by atoms with van der Waals surface area (Å²) in [6.07, 6.45) is 2.35. The molecule has 1 heterocycles. The zero-order valence-electron chi connectivity index (χ0n) is 9.95. The van der Waals surface area contributed by atoms with E-state index in [0.29, 0.717) is 10.8 Å². The van der Waals surface area contributed by atoms with Crippen molar-refractivity contribution in [2.45, 2.75) is 46.2 Å². The van der Waals surface area contributed by atoms with Gasteiger partial charge in [0.2, 0.25) is 5.95 Å². The van der Waals surface area contributed by atoms with Gasteiger partial charge in [-0.3, -0.25) is 4.57 Å². The molecule has 1 aromatic heterocycles. The minimum Gasteiger partial charge on any atom is -0.341 e. The minimum absolute atomic E-state index is 0.491. The van der Waals surface area contributed by atoms with Crippen LogP contribution in [0.25, 0.3) is 0 Å². The Morgan fingerprint density at radius 2 is 2.20 bits per heavy atom. The van der Waals surface area contributed by atoms with Crippen LogP contribution >= 0.6 is 12.2 Å². The molecule has 0 aliphatic rings. The zero-order chi connectivity index (χ0) is 11.4. The minimum atomic E-state index is 0.491. The molecular weight excluding hydrogens is 208 g/mol. The largest absolute Gasteiger partial charge is 0.341 e. The summed E-state index contributed by atoms with van der Waals surface area (Å²) in [5.41, 5.74) is 0. The van der Waals surface area contributed by atoms with Gasteiger partial charge in [-0.25, -0.2) is 5.10 Å². The second-order valence-corrected chi connectivity index (χ2v) is 4.21. The number of nitrogens with one attached hydrogen (secondary N) is 1. The predicted octanol–water partition coefficient (Wildman–Crippen LogP) is 2.59. The van der Waals surface area contributed by atoms with Crippen LogP contribution in [-0.2, 0) is 6.54 Å². The molecule has 0 radical (unpaired) electrons. The van der Waals surface area contributed by atoms with Crippen LogP contribution in [0.3, 0.4) is 0 Å². The molecule has 0 aromatic carbocycles. The van der Waals surface area contributed by atoms with E-state index in [1.165, 1.54) is 12.8 Å². The van der Waals surface area contributed by atoms with Gasteiger partial charge in [0, 0.05) is 19.6 Å².